The number of hydrogen-bond acceptors (Lipinski definition) is 9. The third-order valence-corrected chi connectivity index (χ3v) is 6.14. The van der Waals surface area contributed by atoms with E-state index in [1.54, 1.807) is 23.9 Å². The van der Waals surface area contributed by atoms with Crippen LogP contribution in [0, 0.1) is 6.92 Å². The molecule has 0 spiro atoms. The van der Waals surface area contributed by atoms with Crippen molar-refractivity contribution in [1.29, 1.82) is 0 Å². The van der Waals surface area contributed by atoms with Crippen LogP contribution >= 0.6 is 23.1 Å². The van der Waals surface area contributed by atoms with Crippen LogP contribution in [0.15, 0.2) is 57.4 Å². The highest BCUT2D eigenvalue weighted by Crippen LogP contribution is 2.29. The number of para-hydroxylation sites is 1. The molecule has 9 nitrogen and oxygen atoms in total. The second-order valence-corrected chi connectivity index (χ2v) is 8.70. The number of nitrogens with one attached hydrogen (secondary N) is 1. The van der Waals surface area contributed by atoms with Crippen LogP contribution in [0.2, 0.25) is 0 Å². The summed E-state index contributed by atoms with van der Waals surface area (Å²) in [6, 6.07) is 13.1. The number of aromatic nitrogens is 4. The molecule has 0 aliphatic rings. The summed E-state index contributed by atoms with van der Waals surface area (Å²) in [7, 11) is 0. The van der Waals surface area contributed by atoms with Gasteiger partial charge in [-0.05, 0) is 38.1 Å². The first kappa shape index (κ1) is 21.8. The highest BCUT2D eigenvalue weighted by atomic mass is 32.2. The van der Waals surface area contributed by atoms with Gasteiger partial charge in [-0.15, -0.1) is 10.2 Å². The van der Waals surface area contributed by atoms with E-state index in [1.165, 1.54) is 23.1 Å². The summed E-state index contributed by atoms with van der Waals surface area (Å²) in [5.41, 5.74) is 1.56. The number of benzene rings is 1. The lowest BCUT2D eigenvalue weighted by Crippen LogP contribution is -2.12. The number of thioether (sulfide) groups is 1. The molecule has 0 fully saturated rings. The largest absolute Gasteiger partial charge is 0.465 e. The molecule has 1 aromatic carbocycles. The van der Waals surface area contributed by atoms with Crippen LogP contribution in [0.5, 0.6) is 0 Å². The number of esters is 1. The normalized spacial score (nSPS) is 10.8. The van der Waals surface area contributed by atoms with Crippen molar-refractivity contribution in [2.24, 2.45) is 0 Å². The van der Waals surface area contributed by atoms with Gasteiger partial charge in [0.15, 0.2) is 10.1 Å². The molecule has 0 aliphatic carbocycles. The van der Waals surface area contributed by atoms with Crippen molar-refractivity contribution in [3.05, 3.63) is 60.0 Å². The molecule has 3 heterocycles. The summed E-state index contributed by atoms with van der Waals surface area (Å²) < 4.78 is 12.8. The molecule has 4 rings (SSSR count). The van der Waals surface area contributed by atoms with Crippen molar-refractivity contribution in [2.75, 3.05) is 17.7 Å². The molecule has 0 radical (unpaired) electrons. The summed E-state index contributed by atoms with van der Waals surface area (Å²) in [4.78, 5) is 24.6. The molecule has 0 atom stereocenters. The van der Waals surface area contributed by atoms with Crippen molar-refractivity contribution in [3.8, 4) is 17.1 Å². The van der Waals surface area contributed by atoms with Crippen molar-refractivity contribution in [1.82, 2.24) is 20.0 Å². The number of hydrogen-bond donors (Lipinski definition) is 1. The minimum atomic E-state index is -0.394. The van der Waals surface area contributed by atoms with Crippen LogP contribution in [0.25, 0.3) is 17.1 Å². The van der Waals surface area contributed by atoms with E-state index in [0.717, 1.165) is 5.69 Å². The number of carbonyl (C=O) groups is 2. The second kappa shape index (κ2) is 9.79. The minimum absolute atomic E-state index is 0.127. The number of aryl methyl sites for hydroxylation is 1. The van der Waals surface area contributed by atoms with Gasteiger partial charge >= 0.3 is 5.97 Å². The van der Waals surface area contributed by atoms with Gasteiger partial charge in [0.1, 0.15) is 11.5 Å². The number of rotatable bonds is 8. The summed E-state index contributed by atoms with van der Waals surface area (Å²) in [6.07, 6.45) is 1.65. The van der Waals surface area contributed by atoms with Gasteiger partial charge in [-0.1, -0.05) is 41.3 Å². The molecule has 1 amide bonds. The third-order valence-electron chi connectivity index (χ3n) is 4.20. The van der Waals surface area contributed by atoms with Crippen LogP contribution in [-0.4, -0.2) is 44.2 Å². The Bertz CT molecular complexity index is 1230. The zero-order valence-electron chi connectivity index (χ0n) is 17.3. The molecular weight excluding hydrogens is 450 g/mol. The lowest BCUT2D eigenvalue weighted by molar-refractivity contribution is -0.139. The summed E-state index contributed by atoms with van der Waals surface area (Å²) in [5.74, 6) is 0.611. The molecule has 32 heavy (non-hydrogen) atoms. The zero-order chi connectivity index (χ0) is 22.5. The van der Waals surface area contributed by atoms with E-state index in [-0.39, 0.29) is 11.7 Å². The van der Waals surface area contributed by atoms with Gasteiger partial charge in [-0.2, -0.15) is 5.10 Å². The first-order valence-corrected chi connectivity index (χ1v) is 11.5. The Morgan fingerprint density at radius 3 is 2.72 bits per heavy atom. The molecular formula is C21H19N5O4S2. The quantitative estimate of drug-likeness (QED) is 0.232. The maximum absolute atomic E-state index is 13.1. The average Bonchev–Trinajstić information content (AvgIpc) is 3.52. The molecule has 0 bridgehead atoms. The molecule has 0 aliphatic heterocycles. The van der Waals surface area contributed by atoms with Crippen molar-refractivity contribution < 1.29 is 18.7 Å². The standard InChI is InChI=1S/C21H19N5O4S2/c1-3-29-17(27)12-31-21-24-23-20(32-21)22-19(28)15-11-26(14-7-5-4-6-8-14)25-18(15)16-10-9-13(2)30-16/h4-11H,3,12H2,1-2H3,(H,22,23,28). The summed E-state index contributed by atoms with van der Waals surface area (Å²) >= 11 is 2.38. The highest BCUT2D eigenvalue weighted by molar-refractivity contribution is 8.01. The van der Waals surface area contributed by atoms with E-state index in [2.05, 4.69) is 20.6 Å². The number of amides is 1. The lowest BCUT2D eigenvalue weighted by atomic mass is 10.2. The van der Waals surface area contributed by atoms with Crippen LogP contribution in [0.1, 0.15) is 23.0 Å². The molecule has 0 saturated heterocycles. The third kappa shape index (κ3) is 5.06. The van der Waals surface area contributed by atoms with Gasteiger partial charge in [-0.3, -0.25) is 14.9 Å². The Morgan fingerprint density at radius 1 is 1.19 bits per heavy atom. The number of carbonyl (C=O) groups excluding carboxylic acids is 2. The lowest BCUT2D eigenvalue weighted by Gasteiger charge is -2.00. The van der Waals surface area contributed by atoms with E-state index in [0.29, 0.717) is 38.9 Å². The van der Waals surface area contributed by atoms with Crippen molar-refractivity contribution in [3.63, 3.8) is 0 Å². The van der Waals surface area contributed by atoms with Gasteiger partial charge in [0.2, 0.25) is 5.13 Å². The van der Waals surface area contributed by atoms with E-state index in [1.807, 2.05) is 43.3 Å². The highest BCUT2D eigenvalue weighted by Gasteiger charge is 2.22. The fraction of sp³-hybridized carbons (Fsp3) is 0.190. The van der Waals surface area contributed by atoms with E-state index in [4.69, 9.17) is 9.15 Å². The van der Waals surface area contributed by atoms with Gasteiger partial charge in [-0.25, -0.2) is 4.68 Å². The molecule has 0 unspecified atom stereocenters. The molecule has 4 aromatic rings. The Hall–Kier alpha value is -3.44. The Morgan fingerprint density at radius 2 is 2.00 bits per heavy atom. The predicted molar refractivity (Wildman–Crippen MR) is 121 cm³/mol. The molecule has 11 heteroatoms. The van der Waals surface area contributed by atoms with Gasteiger partial charge in [0.05, 0.1) is 23.6 Å². The summed E-state index contributed by atoms with van der Waals surface area (Å²) in [5, 5.41) is 15.6. The minimum Gasteiger partial charge on any atom is -0.465 e. The van der Waals surface area contributed by atoms with Crippen LogP contribution in [-0.2, 0) is 9.53 Å². The Kier molecular flexibility index (Phi) is 6.66. The number of ether oxygens (including phenoxy) is 1. The first-order valence-electron chi connectivity index (χ1n) is 9.68. The predicted octanol–water partition coefficient (Wildman–Crippen LogP) is 4.20. The van der Waals surface area contributed by atoms with E-state index in [9.17, 15) is 9.59 Å². The smallest absolute Gasteiger partial charge is 0.316 e. The van der Waals surface area contributed by atoms with E-state index >= 15 is 0 Å². The fourth-order valence-corrected chi connectivity index (χ4v) is 4.35. The van der Waals surface area contributed by atoms with Crippen LogP contribution in [0.3, 0.4) is 0 Å². The topological polar surface area (TPSA) is 112 Å². The maximum Gasteiger partial charge on any atom is 0.316 e. The SMILES string of the molecule is CCOC(=O)CSc1nnc(NC(=O)c2cn(-c3ccccc3)nc2-c2ccc(C)o2)s1. The average molecular weight is 470 g/mol. The summed E-state index contributed by atoms with van der Waals surface area (Å²) in [6.45, 7) is 3.90. The number of nitrogens with zero attached hydrogens (tertiary/aromatic N) is 4. The van der Waals surface area contributed by atoms with Crippen molar-refractivity contribution in [2.45, 2.75) is 18.2 Å². The molecule has 1 N–H and O–H groups in total. The van der Waals surface area contributed by atoms with Gasteiger partial charge in [0.25, 0.3) is 5.91 Å². The Labute approximate surface area is 191 Å². The Balaban J connectivity index is 1.55. The number of furan rings is 1. The fourth-order valence-electron chi connectivity index (χ4n) is 2.80. The number of anilines is 1. The van der Waals surface area contributed by atoms with Crippen LogP contribution in [0.4, 0.5) is 5.13 Å². The zero-order valence-corrected chi connectivity index (χ0v) is 18.9. The van der Waals surface area contributed by atoms with Gasteiger partial charge < -0.3 is 9.15 Å². The van der Waals surface area contributed by atoms with E-state index < -0.39 is 5.91 Å². The monoisotopic (exact) mass is 469 g/mol. The molecule has 164 valence electrons. The van der Waals surface area contributed by atoms with Gasteiger partial charge in [0, 0.05) is 6.20 Å². The van der Waals surface area contributed by atoms with Crippen molar-refractivity contribution >= 4 is 40.1 Å². The molecule has 0 saturated carbocycles. The van der Waals surface area contributed by atoms with Crippen LogP contribution < -0.4 is 5.32 Å². The maximum atomic E-state index is 13.1. The first-order chi connectivity index (χ1) is 15.5. The molecule has 3 aromatic heterocycles. The second-order valence-electron chi connectivity index (χ2n) is 6.50.